The highest BCUT2D eigenvalue weighted by molar-refractivity contribution is 6.48. The van der Waals surface area contributed by atoms with Crippen LogP contribution >= 0.6 is 0 Å². The lowest BCUT2D eigenvalue weighted by Crippen LogP contribution is -2.65. The van der Waals surface area contributed by atoms with Gasteiger partial charge in [0, 0.05) is 26.6 Å². The topological polar surface area (TPSA) is 145 Å². The number of benzene rings is 1. The van der Waals surface area contributed by atoms with E-state index in [9.17, 15) is 19.2 Å². The molecule has 8 rings (SSSR count). The molecule has 13 nitrogen and oxygen atoms in total. The number of carbonyl (C=O) groups excluding carboxylic acids is 4. The van der Waals surface area contributed by atoms with Crippen molar-refractivity contribution in [2.45, 2.75) is 135 Å². The van der Waals surface area contributed by atoms with Crippen LogP contribution in [-0.4, -0.2) is 104 Å². The second-order valence-corrected chi connectivity index (χ2v) is 18.4. The predicted molar refractivity (Wildman–Crippen MR) is 200 cm³/mol. The van der Waals surface area contributed by atoms with E-state index in [1.54, 1.807) is 4.90 Å². The van der Waals surface area contributed by atoms with Gasteiger partial charge in [0.2, 0.25) is 11.8 Å². The number of alkyl carbamates (subject to hydrolysis) is 1. The lowest BCUT2D eigenvalue weighted by Gasteiger charge is -2.64. The van der Waals surface area contributed by atoms with Gasteiger partial charge in [-0.1, -0.05) is 78.1 Å². The zero-order chi connectivity index (χ0) is 38.6. The highest BCUT2D eigenvalue weighted by Gasteiger charge is 2.68. The number of amides is 4. The van der Waals surface area contributed by atoms with Crippen molar-refractivity contribution in [3.8, 4) is 0 Å². The van der Waals surface area contributed by atoms with Gasteiger partial charge in [0.15, 0.2) is 0 Å². The molecule has 1 aromatic rings. The number of rotatable bonds is 11. The van der Waals surface area contributed by atoms with E-state index < -0.39 is 60.4 Å². The molecule has 4 amide bonds. The minimum absolute atomic E-state index is 0.00154. The molecule has 2 bridgehead atoms. The van der Waals surface area contributed by atoms with E-state index >= 15 is 0 Å². The van der Waals surface area contributed by atoms with Crippen LogP contribution in [0.2, 0.25) is 0 Å². The van der Waals surface area contributed by atoms with Crippen LogP contribution in [-0.2, 0) is 46.2 Å². The minimum Gasteiger partial charge on any atom is -0.447 e. The van der Waals surface area contributed by atoms with Crippen molar-refractivity contribution in [1.82, 2.24) is 20.4 Å². The number of hydrogen-bond acceptors (Lipinski definition) is 9. The van der Waals surface area contributed by atoms with E-state index in [0.29, 0.717) is 37.3 Å². The first-order chi connectivity index (χ1) is 25.6. The molecule has 4 saturated carbocycles. The van der Waals surface area contributed by atoms with Gasteiger partial charge in [-0.25, -0.2) is 9.59 Å². The fourth-order valence-corrected chi connectivity index (χ4v) is 9.92. The molecule has 0 radical (unpaired) electrons. The number of fused-ring (bicyclic) bond motifs is 1. The van der Waals surface area contributed by atoms with Gasteiger partial charge in [-0.3, -0.25) is 14.5 Å². The maximum Gasteiger partial charge on any atom is 0.481 e. The lowest BCUT2D eigenvalue weighted by atomic mass is 9.43. The average molecular weight is 751 g/mol. The fraction of sp³-hybridized carbons (Fsp3) is 0.750. The Balaban J connectivity index is 1.10. The smallest absolute Gasteiger partial charge is 0.447 e. The van der Waals surface area contributed by atoms with Crippen LogP contribution in [0.1, 0.15) is 97.6 Å². The van der Waals surface area contributed by atoms with Crippen molar-refractivity contribution in [2.24, 2.45) is 28.6 Å². The van der Waals surface area contributed by atoms with E-state index in [0.717, 1.165) is 43.2 Å². The molecule has 4 aliphatic carbocycles. The minimum atomic E-state index is -1.03. The van der Waals surface area contributed by atoms with E-state index in [2.05, 4.69) is 31.4 Å². The van der Waals surface area contributed by atoms with Gasteiger partial charge >= 0.3 is 19.3 Å². The molecule has 296 valence electrons. The van der Waals surface area contributed by atoms with Gasteiger partial charge in [0.1, 0.15) is 24.8 Å². The maximum absolute atomic E-state index is 14.6. The average Bonchev–Trinajstić information content (AvgIpc) is 3.82. The third-order valence-electron chi connectivity index (χ3n) is 13.5. The van der Waals surface area contributed by atoms with Gasteiger partial charge in [0.05, 0.1) is 30.8 Å². The van der Waals surface area contributed by atoms with Crippen LogP contribution in [0.25, 0.3) is 0 Å². The first-order valence-electron chi connectivity index (χ1n) is 20.0. The first kappa shape index (κ1) is 38.9. The summed E-state index contributed by atoms with van der Waals surface area (Å²) in [6, 6.07) is 5.89. The molecule has 0 spiro atoms. The molecule has 6 fully saturated rings. The van der Waals surface area contributed by atoms with Crippen molar-refractivity contribution >= 4 is 31.1 Å². The molecule has 0 aromatic heterocycles. The molecule has 8 atom stereocenters. The highest BCUT2D eigenvalue weighted by Crippen LogP contribution is 2.65. The number of hydrogen-bond donors (Lipinski definition) is 2. The molecule has 54 heavy (non-hydrogen) atoms. The van der Waals surface area contributed by atoms with Crippen LogP contribution < -0.4 is 10.6 Å². The predicted octanol–water partition coefficient (Wildman–Crippen LogP) is 4.84. The largest absolute Gasteiger partial charge is 0.481 e. The molecule has 0 unspecified atom stereocenters. The zero-order valence-electron chi connectivity index (χ0n) is 33.1. The number of methoxy groups -OCH3 is 1. The van der Waals surface area contributed by atoms with Gasteiger partial charge < -0.3 is 39.1 Å². The van der Waals surface area contributed by atoms with Crippen molar-refractivity contribution in [3.05, 3.63) is 35.4 Å². The first-order valence-corrected chi connectivity index (χ1v) is 20.0. The third kappa shape index (κ3) is 7.46. The molecular formula is C40H59BN4O9. The van der Waals surface area contributed by atoms with Crippen LogP contribution in [0.15, 0.2) is 24.3 Å². The molecule has 3 heterocycles. The fourth-order valence-electron chi connectivity index (χ4n) is 9.92. The SMILES string of the molecule is COCCOC(=O)N[C@H](C(=O)N1C[C@H](OC(=O)N2Cc3ccccc3C2)C[C@H]1C(=O)N[C@@H](CC1CCC1)B1O[C@@H]2C[C@@H]3C[C@@H](C3(C)C)[C@]2(C)O1)C(C)(C)C. The molecule has 3 aliphatic heterocycles. The molecule has 1 aromatic carbocycles. The lowest BCUT2D eigenvalue weighted by molar-refractivity contribution is -0.199. The summed E-state index contributed by atoms with van der Waals surface area (Å²) in [5, 5.41) is 6.04. The van der Waals surface area contributed by atoms with Crippen molar-refractivity contribution < 1.29 is 42.7 Å². The van der Waals surface area contributed by atoms with Gasteiger partial charge in [-0.2, -0.15) is 0 Å². The van der Waals surface area contributed by atoms with Gasteiger partial charge in [-0.15, -0.1) is 0 Å². The molecule has 7 aliphatic rings. The number of ether oxygens (including phenoxy) is 3. The molecule has 2 N–H and O–H groups in total. The standard InChI is InChI=1S/C40H59BN4O9/c1-38(2,3)33(43-36(48)51-16-15-50-7)35(47)45-23-28(52-37(49)44-21-25-13-8-9-14-26(25)22-44)20-29(45)34(46)42-32(17-24-11-10-12-24)41-53-31-19-27-18-30(39(27,4)5)40(31,6)54-41/h8-9,13-14,24,27-33H,10-12,15-23H2,1-7H3,(H,42,46)(H,43,48)/t27-,28+,29-,30-,31+,32-,33+,40-/m0/s1. The van der Waals surface area contributed by atoms with Crippen LogP contribution in [0, 0.1) is 28.6 Å². The summed E-state index contributed by atoms with van der Waals surface area (Å²) in [4.78, 5) is 58.6. The number of nitrogens with zero attached hydrogens (tertiary/aromatic N) is 2. The van der Waals surface area contributed by atoms with Crippen molar-refractivity contribution in [1.29, 1.82) is 0 Å². The normalized spacial score (nSPS) is 30.7. The van der Waals surface area contributed by atoms with Crippen LogP contribution in [0.4, 0.5) is 9.59 Å². The summed E-state index contributed by atoms with van der Waals surface area (Å²) in [6.45, 7) is 13.4. The summed E-state index contributed by atoms with van der Waals surface area (Å²) in [5.41, 5.74) is 1.13. The van der Waals surface area contributed by atoms with E-state index in [1.165, 1.54) is 12.0 Å². The van der Waals surface area contributed by atoms with Gasteiger partial charge in [-0.05, 0) is 65.9 Å². The molecule has 2 saturated heterocycles. The molecule has 14 heteroatoms. The van der Waals surface area contributed by atoms with E-state index in [-0.39, 0.29) is 43.6 Å². The summed E-state index contributed by atoms with van der Waals surface area (Å²) in [6.07, 6.45) is 4.19. The van der Waals surface area contributed by atoms with E-state index in [4.69, 9.17) is 23.5 Å². The quantitative estimate of drug-likeness (QED) is 0.240. The highest BCUT2D eigenvalue weighted by atomic mass is 16.7. The number of likely N-dealkylation sites (tertiary alicyclic amines) is 1. The van der Waals surface area contributed by atoms with Gasteiger partial charge in [0.25, 0.3) is 0 Å². The van der Waals surface area contributed by atoms with E-state index in [1.807, 2.05) is 45.0 Å². The number of nitrogens with one attached hydrogen (secondary N) is 2. The third-order valence-corrected chi connectivity index (χ3v) is 13.5. The summed E-state index contributed by atoms with van der Waals surface area (Å²) >= 11 is 0. The number of carbonyl (C=O) groups is 4. The Morgan fingerprint density at radius 2 is 1.70 bits per heavy atom. The Kier molecular flexibility index (Phi) is 10.8. The monoisotopic (exact) mass is 750 g/mol. The Morgan fingerprint density at radius 1 is 1.00 bits per heavy atom. The van der Waals surface area contributed by atoms with Crippen molar-refractivity contribution in [2.75, 3.05) is 26.9 Å². The molecular weight excluding hydrogens is 691 g/mol. The maximum atomic E-state index is 14.6. The van der Waals surface area contributed by atoms with Crippen LogP contribution in [0.5, 0.6) is 0 Å². The Hall–Kier alpha value is -3.36. The summed E-state index contributed by atoms with van der Waals surface area (Å²) in [7, 11) is 0.896. The second kappa shape index (κ2) is 15.0. The van der Waals surface area contributed by atoms with Crippen molar-refractivity contribution in [3.63, 3.8) is 0 Å². The van der Waals surface area contributed by atoms with Crippen LogP contribution in [0.3, 0.4) is 0 Å². The summed E-state index contributed by atoms with van der Waals surface area (Å²) < 4.78 is 29.9. The summed E-state index contributed by atoms with van der Waals surface area (Å²) in [5.74, 6) is 0.191. The Morgan fingerprint density at radius 3 is 2.31 bits per heavy atom. The Labute approximate surface area is 320 Å². The second-order valence-electron chi connectivity index (χ2n) is 18.4. The Bertz CT molecular complexity index is 1570. The zero-order valence-corrected chi connectivity index (χ0v) is 33.1.